The molecule has 1 rings (SSSR count). The van der Waals surface area contributed by atoms with E-state index in [1.54, 1.807) is 0 Å². The van der Waals surface area contributed by atoms with E-state index in [-0.39, 0.29) is 5.56 Å². The molecule has 1 unspecified atom stereocenters. The zero-order valence-electron chi connectivity index (χ0n) is 6.38. The van der Waals surface area contributed by atoms with E-state index < -0.39 is 23.5 Å². The molecule has 0 spiro atoms. The summed E-state index contributed by atoms with van der Waals surface area (Å²) in [4.78, 5) is 0. The highest BCUT2D eigenvalue weighted by atomic mass is 19.2. The Hall–Kier alpha value is -1.16. The molecule has 2 nitrogen and oxygen atoms in total. The number of benzene rings is 1. The van der Waals surface area contributed by atoms with Gasteiger partial charge in [0.1, 0.15) is 0 Å². The van der Waals surface area contributed by atoms with Crippen LogP contribution >= 0.6 is 0 Å². The highest BCUT2D eigenvalue weighted by Crippen LogP contribution is 2.24. The largest absolute Gasteiger partial charge is 0.505 e. The molecule has 1 aromatic rings. The fourth-order valence-corrected chi connectivity index (χ4v) is 0.877. The van der Waals surface area contributed by atoms with Crippen LogP contribution in [0.15, 0.2) is 12.1 Å². The molecule has 0 aliphatic carbocycles. The van der Waals surface area contributed by atoms with Crippen LogP contribution in [0.25, 0.3) is 0 Å². The average molecular weight is 174 g/mol. The smallest absolute Gasteiger partial charge is 0.200 e. The van der Waals surface area contributed by atoms with Crippen LogP contribution in [0.4, 0.5) is 8.78 Å². The van der Waals surface area contributed by atoms with Crippen molar-refractivity contribution >= 4 is 0 Å². The first kappa shape index (κ1) is 8.93. The van der Waals surface area contributed by atoms with Gasteiger partial charge >= 0.3 is 0 Å². The van der Waals surface area contributed by atoms with Crippen LogP contribution in [0.3, 0.4) is 0 Å². The molecular weight excluding hydrogens is 166 g/mol. The third-order valence-corrected chi connectivity index (χ3v) is 1.54. The molecule has 0 radical (unpaired) electrons. The highest BCUT2D eigenvalue weighted by molar-refractivity contribution is 5.30. The summed E-state index contributed by atoms with van der Waals surface area (Å²) in [7, 11) is 0. The number of phenolic OH excluding ortho intramolecular Hbond substituents is 1. The normalized spacial score (nSPS) is 13.0. The minimum absolute atomic E-state index is 0.162. The van der Waals surface area contributed by atoms with Crippen LogP contribution in [-0.4, -0.2) is 10.2 Å². The molecule has 12 heavy (non-hydrogen) atoms. The molecule has 0 aliphatic rings. The summed E-state index contributed by atoms with van der Waals surface area (Å²) in [6.45, 7) is 1.31. The van der Waals surface area contributed by atoms with Gasteiger partial charge in [0, 0.05) is 5.56 Å². The Kier molecular flexibility index (Phi) is 2.28. The molecule has 0 amide bonds. The molecule has 0 saturated heterocycles. The maximum Gasteiger partial charge on any atom is 0.200 e. The molecule has 0 fully saturated rings. The molecule has 0 aliphatic heterocycles. The third kappa shape index (κ3) is 1.38. The number of rotatable bonds is 1. The van der Waals surface area contributed by atoms with Crippen molar-refractivity contribution in [2.45, 2.75) is 13.0 Å². The topological polar surface area (TPSA) is 40.5 Å². The molecule has 1 atom stereocenters. The van der Waals surface area contributed by atoms with E-state index in [0.29, 0.717) is 0 Å². The Balaban J connectivity index is 3.27. The molecule has 0 saturated carbocycles. The Morgan fingerprint density at radius 1 is 1.25 bits per heavy atom. The van der Waals surface area contributed by atoms with Gasteiger partial charge in [-0.2, -0.15) is 4.39 Å². The average Bonchev–Trinajstić information content (AvgIpc) is 2.00. The molecule has 0 heterocycles. The molecule has 66 valence electrons. The number of aromatic hydroxyl groups is 1. The van der Waals surface area contributed by atoms with E-state index in [2.05, 4.69) is 0 Å². The van der Waals surface area contributed by atoms with Gasteiger partial charge in [-0.05, 0) is 19.1 Å². The minimum Gasteiger partial charge on any atom is -0.505 e. The SMILES string of the molecule is CC(O)c1ccc(O)c(F)c1F. The van der Waals surface area contributed by atoms with Crippen LogP contribution in [-0.2, 0) is 0 Å². The van der Waals surface area contributed by atoms with Gasteiger partial charge in [-0.25, -0.2) is 4.39 Å². The summed E-state index contributed by atoms with van der Waals surface area (Å²) in [6, 6.07) is 2.14. The number of halogens is 2. The van der Waals surface area contributed by atoms with Gasteiger partial charge in [0.15, 0.2) is 11.6 Å². The van der Waals surface area contributed by atoms with Crippen LogP contribution in [0.1, 0.15) is 18.6 Å². The maximum atomic E-state index is 12.8. The highest BCUT2D eigenvalue weighted by Gasteiger charge is 2.15. The van der Waals surface area contributed by atoms with Crippen molar-refractivity contribution in [1.29, 1.82) is 0 Å². The lowest BCUT2D eigenvalue weighted by atomic mass is 10.1. The third-order valence-electron chi connectivity index (χ3n) is 1.54. The first-order valence-corrected chi connectivity index (χ1v) is 3.39. The second-order valence-electron chi connectivity index (χ2n) is 2.48. The Bertz CT molecular complexity index is 297. The van der Waals surface area contributed by atoms with Crippen molar-refractivity contribution in [3.05, 3.63) is 29.3 Å². The van der Waals surface area contributed by atoms with Gasteiger partial charge in [-0.3, -0.25) is 0 Å². The lowest BCUT2D eigenvalue weighted by Gasteiger charge is -2.06. The molecule has 0 bridgehead atoms. The summed E-state index contributed by atoms with van der Waals surface area (Å²) >= 11 is 0. The number of hydrogen-bond donors (Lipinski definition) is 2. The van der Waals surface area contributed by atoms with E-state index in [0.717, 1.165) is 12.1 Å². The summed E-state index contributed by atoms with van der Waals surface area (Å²) < 4.78 is 25.4. The predicted molar refractivity (Wildman–Crippen MR) is 38.7 cm³/mol. The lowest BCUT2D eigenvalue weighted by Crippen LogP contribution is -1.98. The molecule has 4 heteroatoms. The van der Waals surface area contributed by atoms with Crippen molar-refractivity contribution in [3.8, 4) is 5.75 Å². The second-order valence-corrected chi connectivity index (χ2v) is 2.48. The van der Waals surface area contributed by atoms with Gasteiger partial charge in [0.25, 0.3) is 0 Å². The monoisotopic (exact) mass is 174 g/mol. The van der Waals surface area contributed by atoms with Crippen molar-refractivity contribution in [3.63, 3.8) is 0 Å². The fourth-order valence-electron chi connectivity index (χ4n) is 0.877. The van der Waals surface area contributed by atoms with Crippen molar-refractivity contribution < 1.29 is 19.0 Å². The van der Waals surface area contributed by atoms with Gasteiger partial charge in [-0.15, -0.1) is 0 Å². The maximum absolute atomic E-state index is 12.8. The zero-order valence-corrected chi connectivity index (χ0v) is 6.38. The van der Waals surface area contributed by atoms with E-state index in [9.17, 15) is 8.78 Å². The van der Waals surface area contributed by atoms with E-state index in [1.165, 1.54) is 6.92 Å². The van der Waals surface area contributed by atoms with Crippen molar-refractivity contribution in [1.82, 2.24) is 0 Å². The number of phenols is 1. The Morgan fingerprint density at radius 2 is 1.83 bits per heavy atom. The zero-order chi connectivity index (χ0) is 9.30. The van der Waals surface area contributed by atoms with Crippen LogP contribution in [0.5, 0.6) is 5.75 Å². The minimum atomic E-state index is -1.33. The fraction of sp³-hybridized carbons (Fsp3) is 0.250. The first-order valence-electron chi connectivity index (χ1n) is 3.39. The summed E-state index contributed by atoms with van der Waals surface area (Å²) in [5.74, 6) is -3.28. The first-order chi connectivity index (χ1) is 5.54. The van der Waals surface area contributed by atoms with Gasteiger partial charge in [0.05, 0.1) is 6.10 Å². The standard InChI is InChI=1S/C8H8F2O2/c1-4(11)5-2-3-6(12)8(10)7(5)9/h2-4,11-12H,1H3. The molecule has 1 aromatic carbocycles. The Labute approximate surface area is 68.1 Å². The van der Waals surface area contributed by atoms with Crippen molar-refractivity contribution in [2.75, 3.05) is 0 Å². The van der Waals surface area contributed by atoms with Crippen LogP contribution < -0.4 is 0 Å². The second kappa shape index (κ2) is 3.06. The van der Waals surface area contributed by atoms with Gasteiger partial charge < -0.3 is 10.2 Å². The summed E-state index contributed by atoms with van der Waals surface area (Å²) in [5, 5.41) is 17.6. The van der Waals surface area contributed by atoms with Crippen LogP contribution in [0.2, 0.25) is 0 Å². The summed E-state index contributed by atoms with van der Waals surface area (Å²) in [6.07, 6.45) is -1.08. The molecule has 0 aromatic heterocycles. The number of aliphatic hydroxyl groups excluding tert-OH is 1. The summed E-state index contributed by atoms with van der Waals surface area (Å²) in [5.41, 5.74) is -0.162. The Morgan fingerprint density at radius 3 is 2.33 bits per heavy atom. The van der Waals surface area contributed by atoms with E-state index in [1.807, 2.05) is 0 Å². The van der Waals surface area contributed by atoms with Crippen molar-refractivity contribution in [2.24, 2.45) is 0 Å². The van der Waals surface area contributed by atoms with Gasteiger partial charge in [0.2, 0.25) is 5.82 Å². The predicted octanol–water partition coefficient (Wildman–Crippen LogP) is 1.72. The van der Waals surface area contributed by atoms with E-state index >= 15 is 0 Å². The molecule has 2 N–H and O–H groups in total. The van der Waals surface area contributed by atoms with Gasteiger partial charge in [-0.1, -0.05) is 0 Å². The number of aliphatic hydroxyl groups is 1. The quantitative estimate of drug-likeness (QED) is 0.680. The number of hydrogen-bond acceptors (Lipinski definition) is 2. The van der Waals surface area contributed by atoms with E-state index in [4.69, 9.17) is 10.2 Å². The lowest BCUT2D eigenvalue weighted by molar-refractivity contribution is 0.192. The molecular formula is C8H8F2O2. The van der Waals surface area contributed by atoms with Crippen LogP contribution in [0, 0.1) is 11.6 Å².